The van der Waals surface area contributed by atoms with Crippen molar-refractivity contribution in [2.24, 2.45) is 0 Å². The molecule has 19 heavy (non-hydrogen) atoms. The standard InChI is InChI=1S/C14H11NO4/c1-8-3-4-12-10(5-8)11(16)6-13(19-12)14(17)18-9(2)7-15/h3-6,9H,1-2H3/t9-/m0/s1. The molecule has 0 radical (unpaired) electrons. The Morgan fingerprint density at radius 1 is 1.42 bits per heavy atom. The second kappa shape index (κ2) is 4.94. The van der Waals surface area contributed by atoms with Crippen LogP contribution in [0.15, 0.2) is 33.5 Å². The third-order valence-corrected chi connectivity index (χ3v) is 2.55. The maximum absolute atomic E-state index is 11.9. The minimum absolute atomic E-state index is 0.205. The number of carbonyl (C=O) groups excluding carboxylic acids is 1. The topological polar surface area (TPSA) is 80.3 Å². The van der Waals surface area contributed by atoms with E-state index in [0.717, 1.165) is 11.6 Å². The normalized spacial score (nSPS) is 11.8. The summed E-state index contributed by atoms with van der Waals surface area (Å²) in [5.41, 5.74) is 0.921. The van der Waals surface area contributed by atoms with Crippen molar-refractivity contribution in [1.82, 2.24) is 0 Å². The third kappa shape index (κ3) is 2.63. The highest BCUT2D eigenvalue weighted by Crippen LogP contribution is 2.15. The minimum Gasteiger partial charge on any atom is -0.449 e. The highest BCUT2D eigenvalue weighted by molar-refractivity contribution is 5.89. The number of benzene rings is 1. The molecule has 2 rings (SSSR count). The molecule has 5 heteroatoms. The summed E-state index contributed by atoms with van der Waals surface area (Å²) >= 11 is 0. The van der Waals surface area contributed by atoms with Gasteiger partial charge in [-0.15, -0.1) is 0 Å². The predicted octanol–water partition coefficient (Wildman–Crippen LogP) is 2.17. The van der Waals surface area contributed by atoms with Gasteiger partial charge in [-0.1, -0.05) is 11.6 Å². The van der Waals surface area contributed by atoms with E-state index < -0.39 is 12.1 Å². The molecular formula is C14H11NO4. The molecule has 1 aromatic heterocycles. The summed E-state index contributed by atoms with van der Waals surface area (Å²) in [5.74, 6) is -1.03. The predicted molar refractivity (Wildman–Crippen MR) is 67.7 cm³/mol. The molecule has 1 atom stereocenters. The molecule has 5 nitrogen and oxygen atoms in total. The fraction of sp³-hybridized carbons (Fsp3) is 0.214. The van der Waals surface area contributed by atoms with Crippen LogP contribution in [0.2, 0.25) is 0 Å². The van der Waals surface area contributed by atoms with E-state index in [1.165, 1.54) is 6.92 Å². The number of nitriles is 1. The summed E-state index contributed by atoms with van der Waals surface area (Å²) in [6, 6.07) is 7.93. The van der Waals surface area contributed by atoms with E-state index in [9.17, 15) is 9.59 Å². The second-order valence-corrected chi connectivity index (χ2v) is 4.15. The largest absolute Gasteiger partial charge is 0.449 e. The molecule has 96 valence electrons. The number of hydrogen-bond donors (Lipinski definition) is 0. The lowest BCUT2D eigenvalue weighted by Crippen LogP contribution is -2.15. The molecule has 0 bridgehead atoms. The Morgan fingerprint density at radius 3 is 2.84 bits per heavy atom. The molecule has 0 amide bonds. The molecule has 2 aromatic rings. The van der Waals surface area contributed by atoms with Crippen molar-refractivity contribution >= 4 is 16.9 Å². The van der Waals surface area contributed by atoms with E-state index in [0.29, 0.717) is 11.0 Å². The SMILES string of the molecule is Cc1ccc2oc(C(=O)O[C@@H](C)C#N)cc(=O)c2c1. The van der Waals surface area contributed by atoms with Gasteiger partial charge in [0.1, 0.15) is 11.7 Å². The molecule has 0 N–H and O–H groups in total. The zero-order valence-corrected chi connectivity index (χ0v) is 10.5. The lowest BCUT2D eigenvalue weighted by Gasteiger charge is -2.06. The van der Waals surface area contributed by atoms with Crippen LogP contribution in [-0.2, 0) is 4.74 Å². The zero-order valence-electron chi connectivity index (χ0n) is 10.5. The van der Waals surface area contributed by atoms with Gasteiger partial charge in [-0.3, -0.25) is 4.79 Å². The summed E-state index contributed by atoms with van der Waals surface area (Å²) < 4.78 is 10.1. The van der Waals surface area contributed by atoms with Crippen molar-refractivity contribution in [3.05, 3.63) is 45.8 Å². The Balaban J connectivity index is 2.47. The van der Waals surface area contributed by atoms with Gasteiger partial charge < -0.3 is 9.15 Å². The first-order valence-electron chi connectivity index (χ1n) is 5.66. The molecule has 0 aliphatic rings. The third-order valence-electron chi connectivity index (χ3n) is 2.55. The van der Waals surface area contributed by atoms with Crippen molar-refractivity contribution in [3.63, 3.8) is 0 Å². The number of aryl methyl sites for hydroxylation is 1. The average Bonchev–Trinajstić information content (AvgIpc) is 2.39. The van der Waals surface area contributed by atoms with Crippen LogP contribution in [0.4, 0.5) is 0 Å². The maximum atomic E-state index is 11.9. The lowest BCUT2D eigenvalue weighted by atomic mass is 10.1. The molecule has 0 spiro atoms. The Morgan fingerprint density at radius 2 is 2.16 bits per heavy atom. The Kier molecular flexibility index (Phi) is 3.34. The van der Waals surface area contributed by atoms with Gasteiger partial charge in [0, 0.05) is 6.07 Å². The molecular weight excluding hydrogens is 246 g/mol. The van der Waals surface area contributed by atoms with Crippen LogP contribution in [0.5, 0.6) is 0 Å². The van der Waals surface area contributed by atoms with E-state index in [2.05, 4.69) is 0 Å². The fourth-order valence-electron chi connectivity index (χ4n) is 1.62. The van der Waals surface area contributed by atoms with E-state index in [-0.39, 0.29) is 11.2 Å². The van der Waals surface area contributed by atoms with E-state index in [4.69, 9.17) is 14.4 Å². The summed E-state index contributed by atoms with van der Waals surface area (Å²) in [5, 5.41) is 8.98. The van der Waals surface area contributed by atoms with Crippen LogP contribution in [-0.4, -0.2) is 12.1 Å². The molecule has 1 aromatic carbocycles. The van der Waals surface area contributed by atoms with Crippen LogP contribution in [0.25, 0.3) is 11.0 Å². The molecule has 1 heterocycles. The first-order valence-corrected chi connectivity index (χ1v) is 5.66. The van der Waals surface area contributed by atoms with E-state index in [1.807, 2.05) is 6.92 Å². The molecule has 0 fully saturated rings. The van der Waals surface area contributed by atoms with Crippen molar-refractivity contribution < 1.29 is 13.9 Å². The molecule has 0 saturated carbocycles. The number of hydrogen-bond acceptors (Lipinski definition) is 5. The number of nitrogens with zero attached hydrogens (tertiary/aromatic N) is 1. The molecule has 0 aliphatic carbocycles. The van der Waals surface area contributed by atoms with Gasteiger partial charge in [-0.25, -0.2) is 4.79 Å². The van der Waals surface area contributed by atoms with Gasteiger partial charge in [0.05, 0.1) is 5.39 Å². The first kappa shape index (κ1) is 12.8. The monoisotopic (exact) mass is 257 g/mol. The highest BCUT2D eigenvalue weighted by Gasteiger charge is 2.16. The smallest absolute Gasteiger partial charge is 0.375 e. The van der Waals surface area contributed by atoms with Crippen LogP contribution >= 0.6 is 0 Å². The number of ether oxygens (including phenoxy) is 1. The van der Waals surface area contributed by atoms with E-state index in [1.54, 1.807) is 24.3 Å². The quantitative estimate of drug-likeness (QED) is 0.770. The van der Waals surface area contributed by atoms with Gasteiger partial charge in [-0.2, -0.15) is 5.26 Å². The minimum atomic E-state index is -0.897. The van der Waals surface area contributed by atoms with Crippen LogP contribution in [0.3, 0.4) is 0 Å². The van der Waals surface area contributed by atoms with Crippen molar-refractivity contribution in [2.45, 2.75) is 20.0 Å². The van der Waals surface area contributed by atoms with Crippen LogP contribution < -0.4 is 5.43 Å². The average molecular weight is 257 g/mol. The number of carbonyl (C=O) groups is 1. The fourth-order valence-corrected chi connectivity index (χ4v) is 1.62. The van der Waals surface area contributed by atoms with Crippen molar-refractivity contribution in [3.8, 4) is 6.07 Å². The molecule has 0 unspecified atom stereocenters. The summed E-state index contributed by atoms with van der Waals surface area (Å²) in [6.45, 7) is 3.29. The van der Waals surface area contributed by atoms with Crippen LogP contribution in [0, 0.1) is 18.3 Å². The van der Waals surface area contributed by atoms with Gasteiger partial charge in [0.15, 0.2) is 11.5 Å². The Bertz CT molecular complexity index is 739. The van der Waals surface area contributed by atoms with Crippen LogP contribution in [0.1, 0.15) is 23.0 Å². The summed E-state index contributed by atoms with van der Waals surface area (Å²) in [6.07, 6.45) is -0.897. The number of fused-ring (bicyclic) bond motifs is 1. The van der Waals surface area contributed by atoms with E-state index >= 15 is 0 Å². The van der Waals surface area contributed by atoms with Gasteiger partial charge >= 0.3 is 5.97 Å². The van der Waals surface area contributed by atoms with Crippen molar-refractivity contribution in [2.75, 3.05) is 0 Å². The molecule has 0 saturated heterocycles. The number of rotatable bonds is 2. The molecule has 0 aliphatic heterocycles. The zero-order chi connectivity index (χ0) is 14.0. The summed E-state index contributed by atoms with van der Waals surface area (Å²) in [4.78, 5) is 23.5. The van der Waals surface area contributed by atoms with Gasteiger partial charge in [0.25, 0.3) is 0 Å². The van der Waals surface area contributed by atoms with Gasteiger partial charge in [-0.05, 0) is 26.0 Å². The Labute approximate surface area is 109 Å². The number of esters is 1. The van der Waals surface area contributed by atoms with Gasteiger partial charge in [0.2, 0.25) is 5.76 Å². The first-order chi connectivity index (χ1) is 9.01. The lowest BCUT2D eigenvalue weighted by molar-refractivity contribution is 0.0399. The summed E-state index contributed by atoms with van der Waals surface area (Å²) in [7, 11) is 0. The Hall–Kier alpha value is -2.61. The second-order valence-electron chi connectivity index (χ2n) is 4.15. The highest BCUT2D eigenvalue weighted by atomic mass is 16.6. The maximum Gasteiger partial charge on any atom is 0.375 e. The van der Waals surface area contributed by atoms with Crippen molar-refractivity contribution in [1.29, 1.82) is 5.26 Å².